The average molecular weight is 355 g/mol. The fourth-order valence-electron chi connectivity index (χ4n) is 3.81. The number of rotatable bonds is 3. The Hall–Kier alpha value is -2.90. The number of ether oxygens (including phenoxy) is 2. The number of methoxy groups -OCH3 is 2. The van der Waals surface area contributed by atoms with E-state index in [9.17, 15) is 4.79 Å². The molecule has 1 aromatic carbocycles. The summed E-state index contributed by atoms with van der Waals surface area (Å²) >= 11 is 0. The number of anilines is 1. The first-order valence-corrected chi connectivity index (χ1v) is 8.46. The van der Waals surface area contributed by atoms with Gasteiger partial charge >= 0.3 is 0 Å². The molecule has 8 nitrogen and oxygen atoms in total. The largest absolute Gasteiger partial charge is 0.497 e. The van der Waals surface area contributed by atoms with Crippen molar-refractivity contribution in [2.24, 2.45) is 5.41 Å². The summed E-state index contributed by atoms with van der Waals surface area (Å²) in [5, 5.41) is 15.2. The summed E-state index contributed by atoms with van der Waals surface area (Å²) in [6.45, 7) is 4.18. The van der Waals surface area contributed by atoms with Crippen LogP contribution in [-0.2, 0) is 4.79 Å². The molecule has 0 unspecified atom stereocenters. The maximum atomic E-state index is 13.1. The summed E-state index contributed by atoms with van der Waals surface area (Å²) in [6, 6.07) is 5.07. The van der Waals surface area contributed by atoms with Crippen LogP contribution < -0.4 is 14.8 Å². The molecule has 2 heterocycles. The fourth-order valence-corrected chi connectivity index (χ4v) is 3.81. The zero-order valence-electron chi connectivity index (χ0n) is 15.2. The Balaban J connectivity index is 1.94. The Kier molecular flexibility index (Phi) is 3.71. The van der Waals surface area contributed by atoms with Gasteiger partial charge in [-0.3, -0.25) is 4.79 Å². The SMILES string of the molecule is COc1ccc(OC)c([C@H]2C3=C(CC(C)(C)CC3=O)Nc3nnnn32)c1. The first-order valence-electron chi connectivity index (χ1n) is 8.46. The van der Waals surface area contributed by atoms with Gasteiger partial charge in [-0.15, -0.1) is 0 Å². The number of nitrogens with one attached hydrogen (secondary N) is 1. The maximum Gasteiger partial charge on any atom is 0.248 e. The lowest BCUT2D eigenvalue weighted by molar-refractivity contribution is -0.118. The molecule has 4 rings (SSSR count). The van der Waals surface area contributed by atoms with E-state index in [1.165, 1.54) is 0 Å². The van der Waals surface area contributed by atoms with Gasteiger partial charge in [0.15, 0.2) is 5.78 Å². The molecule has 1 aliphatic carbocycles. The number of hydrogen-bond donors (Lipinski definition) is 1. The van der Waals surface area contributed by atoms with Crippen LogP contribution in [0.15, 0.2) is 29.5 Å². The van der Waals surface area contributed by atoms with Crippen LogP contribution in [0, 0.1) is 5.41 Å². The van der Waals surface area contributed by atoms with Gasteiger partial charge < -0.3 is 14.8 Å². The van der Waals surface area contributed by atoms with E-state index in [0.29, 0.717) is 29.4 Å². The van der Waals surface area contributed by atoms with Gasteiger partial charge in [0.05, 0.1) is 14.2 Å². The molecule has 2 aliphatic rings. The van der Waals surface area contributed by atoms with E-state index in [2.05, 4.69) is 34.7 Å². The molecule has 2 aromatic rings. The monoisotopic (exact) mass is 355 g/mol. The predicted molar refractivity (Wildman–Crippen MR) is 94.2 cm³/mol. The first-order chi connectivity index (χ1) is 12.4. The summed E-state index contributed by atoms with van der Waals surface area (Å²) in [7, 11) is 3.21. The standard InChI is InChI=1S/C18H21N5O3/c1-18(2)8-12-15(13(24)9-18)16(23-17(19-12)20-21-22-23)11-7-10(25-3)5-6-14(11)26-4/h5-7,16H,8-9H2,1-4H3,(H,19,20,22)/t16-/m0/s1. The van der Waals surface area contributed by atoms with Crippen LogP contribution in [0.2, 0.25) is 0 Å². The summed E-state index contributed by atoms with van der Waals surface area (Å²) in [6.07, 6.45) is 1.23. The van der Waals surface area contributed by atoms with E-state index in [0.717, 1.165) is 17.7 Å². The zero-order chi connectivity index (χ0) is 18.5. The Labute approximate surface area is 151 Å². The van der Waals surface area contributed by atoms with Crippen LogP contribution in [0.25, 0.3) is 0 Å². The zero-order valence-corrected chi connectivity index (χ0v) is 15.2. The molecule has 0 fully saturated rings. The molecule has 1 N–H and O–H groups in total. The molecular formula is C18H21N5O3. The van der Waals surface area contributed by atoms with Gasteiger partial charge in [-0.05, 0) is 40.5 Å². The van der Waals surface area contributed by atoms with Gasteiger partial charge in [-0.1, -0.05) is 18.9 Å². The lowest BCUT2D eigenvalue weighted by Gasteiger charge is -2.38. The van der Waals surface area contributed by atoms with Crippen molar-refractivity contribution in [3.05, 3.63) is 35.0 Å². The van der Waals surface area contributed by atoms with Crippen LogP contribution in [-0.4, -0.2) is 40.2 Å². The maximum absolute atomic E-state index is 13.1. The van der Waals surface area contributed by atoms with Crippen molar-refractivity contribution < 1.29 is 14.3 Å². The number of nitrogens with zero attached hydrogens (tertiary/aromatic N) is 4. The number of aromatic nitrogens is 4. The van der Waals surface area contributed by atoms with Crippen LogP contribution in [0.4, 0.5) is 5.95 Å². The summed E-state index contributed by atoms with van der Waals surface area (Å²) in [5.74, 6) is 1.95. The average Bonchev–Trinajstić information content (AvgIpc) is 3.06. The summed E-state index contributed by atoms with van der Waals surface area (Å²) in [4.78, 5) is 13.1. The molecule has 1 atom stereocenters. The van der Waals surface area contributed by atoms with Gasteiger partial charge in [-0.2, -0.15) is 4.68 Å². The van der Waals surface area contributed by atoms with Gasteiger partial charge in [0.25, 0.3) is 0 Å². The second kappa shape index (κ2) is 5.82. The Morgan fingerprint density at radius 3 is 2.77 bits per heavy atom. The Bertz CT molecular complexity index is 915. The second-order valence-electron chi connectivity index (χ2n) is 7.42. The van der Waals surface area contributed by atoms with Crippen molar-refractivity contribution in [3.63, 3.8) is 0 Å². The topological polar surface area (TPSA) is 91.2 Å². The molecule has 0 saturated carbocycles. The number of ketones is 1. The molecule has 26 heavy (non-hydrogen) atoms. The van der Waals surface area contributed by atoms with E-state index >= 15 is 0 Å². The number of hydrogen-bond acceptors (Lipinski definition) is 7. The molecule has 0 spiro atoms. The number of fused-ring (bicyclic) bond motifs is 1. The van der Waals surface area contributed by atoms with E-state index in [4.69, 9.17) is 9.47 Å². The highest BCUT2D eigenvalue weighted by molar-refractivity contribution is 6.00. The third-order valence-corrected chi connectivity index (χ3v) is 4.92. The molecule has 0 amide bonds. The molecule has 0 saturated heterocycles. The molecule has 1 aliphatic heterocycles. The minimum absolute atomic E-state index is 0.0970. The molecule has 0 radical (unpaired) electrons. The van der Waals surface area contributed by atoms with E-state index in [1.54, 1.807) is 18.9 Å². The third kappa shape index (κ3) is 2.53. The van der Waals surface area contributed by atoms with E-state index in [-0.39, 0.29) is 11.2 Å². The molecular weight excluding hydrogens is 334 g/mol. The number of carbonyl (C=O) groups excluding carboxylic acids is 1. The number of allylic oxidation sites excluding steroid dienone is 2. The number of benzene rings is 1. The van der Waals surface area contributed by atoms with Gasteiger partial charge in [0.2, 0.25) is 5.95 Å². The van der Waals surface area contributed by atoms with Crippen LogP contribution in [0.1, 0.15) is 38.3 Å². The lowest BCUT2D eigenvalue weighted by atomic mass is 9.73. The lowest BCUT2D eigenvalue weighted by Crippen LogP contribution is -2.36. The van der Waals surface area contributed by atoms with Crippen molar-refractivity contribution in [2.45, 2.75) is 32.7 Å². The highest BCUT2D eigenvalue weighted by Crippen LogP contribution is 2.47. The van der Waals surface area contributed by atoms with E-state index < -0.39 is 6.04 Å². The molecule has 0 bridgehead atoms. The molecule has 136 valence electrons. The van der Waals surface area contributed by atoms with Crippen molar-refractivity contribution >= 4 is 11.7 Å². The van der Waals surface area contributed by atoms with Crippen molar-refractivity contribution in [1.29, 1.82) is 0 Å². The number of carbonyl (C=O) groups is 1. The quantitative estimate of drug-likeness (QED) is 0.903. The third-order valence-electron chi connectivity index (χ3n) is 4.92. The van der Waals surface area contributed by atoms with Crippen LogP contribution in [0.3, 0.4) is 0 Å². The minimum Gasteiger partial charge on any atom is -0.497 e. The normalized spacial score (nSPS) is 20.9. The van der Waals surface area contributed by atoms with Crippen LogP contribution >= 0.6 is 0 Å². The fraction of sp³-hybridized carbons (Fsp3) is 0.444. The van der Waals surface area contributed by atoms with Gasteiger partial charge in [-0.25, -0.2) is 0 Å². The van der Waals surface area contributed by atoms with Crippen LogP contribution in [0.5, 0.6) is 11.5 Å². The van der Waals surface area contributed by atoms with Crippen molar-refractivity contribution in [1.82, 2.24) is 20.2 Å². The highest BCUT2D eigenvalue weighted by atomic mass is 16.5. The summed E-state index contributed by atoms with van der Waals surface area (Å²) in [5.41, 5.74) is 2.25. The van der Waals surface area contributed by atoms with Gasteiger partial charge in [0, 0.05) is 23.3 Å². The Morgan fingerprint density at radius 2 is 2.04 bits per heavy atom. The van der Waals surface area contributed by atoms with Gasteiger partial charge in [0.1, 0.15) is 17.5 Å². The first kappa shape index (κ1) is 16.6. The molecule has 1 aromatic heterocycles. The smallest absolute Gasteiger partial charge is 0.248 e. The predicted octanol–water partition coefficient (Wildman–Crippen LogP) is 2.35. The number of tetrazole rings is 1. The van der Waals surface area contributed by atoms with Crippen molar-refractivity contribution in [3.8, 4) is 11.5 Å². The summed E-state index contributed by atoms with van der Waals surface area (Å²) < 4.78 is 12.6. The minimum atomic E-state index is -0.454. The molecule has 8 heteroatoms. The highest BCUT2D eigenvalue weighted by Gasteiger charge is 2.42. The van der Waals surface area contributed by atoms with Crippen molar-refractivity contribution in [2.75, 3.05) is 19.5 Å². The van der Waals surface area contributed by atoms with E-state index in [1.807, 2.05) is 18.2 Å². The second-order valence-corrected chi connectivity index (χ2v) is 7.42. The Morgan fingerprint density at radius 1 is 1.23 bits per heavy atom. The number of Topliss-reactive ketones (excluding diaryl/α,β-unsaturated/α-hetero) is 1.